The van der Waals surface area contributed by atoms with Gasteiger partial charge < -0.3 is 4.74 Å². The van der Waals surface area contributed by atoms with Gasteiger partial charge in [0.2, 0.25) is 0 Å². The summed E-state index contributed by atoms with van der Waals surface area (Å²) in [6.45, 7) is 3.81. The van der Waals surface area contributed by atoms with Crippen molar-refractivity contribution in [1.82, 2.24) is 0 Å². The molecule has 0 N–H and O–H groups in total. The maximum atomic E-state index is 5.93. The number of ether oxygens (including phenoxy) is 1. The second-order valence-corrected chi connectivity index (χ2v) is 3.83. The lowest BCUT2D eigenvalue weighted by Gasteiger charge is -2.09. The van der Waals surface area contributed by atoms with Gasteiger partial charge in [-0.25, -0.2) is 0 Å². The van der Waals surface area contributed by atoms with Gasteiger partial charge in [-0.2, -0.15) is 0 Å². The molecule has 1 nitrogen and oxygen atoms in total. The Balaban J connectivity index is 2.79. The highest BCUT2D eigenvalue weighted by Gasteiger charge is 2.04. The van der Waals surface area contributed by atoms with Crippen LogP contribution in [0.25, 0.3) is 16.8 Å². The van der Waals surface area contributed by atoms with E-state index in [-0.39, 0.29) is 0 Å². The van der Waals surface area contributed by atoms with Crippen LogP contribution in [0.5, 0.6) is 5.75 Å². The van der Waals surface area contributed by atoms with Gasteiger partial charge in [0.05, 0.1) is 7.11 Å². The highest BCUT2D eigenvalue weighted by Crippen LogP contribution is 2.28. The van der Waals surface area contributed by atoms with Crippen molar-refractivity contribution in [3.63, 3.8) is 0 Å². The van der Waals surface area contributed by atoms with Crippen molar-refractivity contribution >= 4 is 28.4 Å². The minimum atomic E-state index is 0.501. The molecule has 0 saturated heterocycles. The zero-order chi connectivity index (χ0) is 11.5. The molecule has 0 bridgehead atoms. The molecule has 2 aromatic carbocycles. The first kappa shape index (κ1) is 11.0. The summed E-state index contributed by atoms with van der Waals surface area (Å²) in [5.41, 5.74) is 2.23. The zero-order valence-electron chi connectivity index (χ0n) is 9.16. The number of hydrogen-bond donors (Lipinski definition) is 0. The molecule has 0 radical (unpaired) electrons. The molecule has 2 heteroatoms. The summed E-state index contributed by atoms with van der Waals surface area (Å²) in [4.78, 5) is 0. The number of halogens is 1. The number of fused-ring (bicyclic) bond motifs is 1. The molecule has 2 aromatic rings. The van der Waals surface area contributed by atoms with Crippen molar-refractivity contribution in [2.75, 3.05) is 7.11 Å². The lowest BCUT2D eigenvalue weighted by molar-refractivity contribution is 0.415. The zero-order valence-corrected chi connectivity index (χ0v) is 9.92. The third kappa shape index (κ3) is 1.79. The maximum absolute atomic E-state index is 5.93. The molecule has 0 aromatic heterocycles. The summed E-state index contributed by atoms with van der Waals surface area (Å²) in [5.74, 6) is 1.35. The van der Waals surface area contributed by atoms with E-state index in [1.54, 1.807) is 7.11 Å². The second-order valence-electron chi connectivity index (χ2n) is 3.56. The molecule has 0 fully saturated rings. The largest absolute Gasteiger partial charge is 0.497 e. The van der Waals surface area contributed by atoms with E-state index in [0.717, 1.165) is 27.6 Å². The molecule has 0 saturated carbocycles. The summed E-state index contributed by atoms with van der Waals surface area (Å²) >= 11 is 5.93. The van der Waals surface area contributed by atoms with Crippen LogP contribution in [-0.4, -0.2) is 7.11 Å². The average molecular weight is 233 g/mol. The predicted molar refractivity (Wildman–Crippen MR) is 70.1 cm³/mol. The quantitative estimate of drug-likeness (QED) is 0.720. The average Bonchev–Trinajstić information content (AvgIpc) is 2.36. The smallest absolute Gasteiger partial charge is 0.119 e. The second kappa shape index (κ2) is 4.58. The Bertz CT molecular complexity index is 531. The SMILES string of the molecule is C=Cc1ccc(CCl)c2cc(OC)ccc12. The van der Waals surface area contributed by atoms with Gasteiger partial charge in [0.25, 0.3) is 0 Å². The van der Waals surface area contributed by atoms with Crippen molar-refractivity contribution in [2.24, 2.45) is 0 Å². The first-order valence-corrected chi connectivity index (χ1v) is 5.61. The predicted octanol–water partition coefficient (Wildman–Crippen LogP) is 4.23. The Morgan fingerprint density at radius 1 is 1.25 bits per heavy atom. The fourth-order valence-electron chi connectivity index (χ4n) is 1.83. The van der Waals surface area contributed by atoms with Gasteiger partial charge in [0.15, 0.2) is 0 Å². The third-order valence-corrected chi connectivity index (χ3v) is 3.00. The molecule has 82 valence electrons. The van der Waals surface area contributed by atoms with E-state index < -0.39 is 0 Å². The van der Waals surface area contributed by atoms with Gasteiger partial charge >= 0.3 is 0 Å². The lowest BCUT2D eigenvalue weighted by atomic mass is 10.00. The molecule has 0 atom stereocenters. The Labute approximate surface area is 100 Å². The highest BCUT2D eigenvalue weighted by molar-refractivity contribution is 6.18. The van der Waals surface area contributed by atoms with E-state index >= 15 is 0 Å². The Kier molecular flexibility index (Phi) is 3.16. The Hall–Kier alpha value is -1.47. The summed E-state index contributed by atoms with van der Waals surface area (Å²) < 4.78 is 5.23. The molecule has 2 rings (SSSR count). The maximum Gasteiger partial charge on any atom is 0.119 e. The molecule has 0 aliphatic heterocycles. The topological polar surface area (TPSA) is 9.23 Å². The van der Waals surface area contributed by atoms with Gasteiger partial charge in [-0.05, 0) is 34.0 Å². The van der Waals surface area contributed by atoms with Crippen LogP contribution in [-0.2, 0) is 5.88 Å². The van der Waals surface area contributed by atoms with Crippen molar-refractivity contribution in [3.8, 4) is 5.75 Å². The van der Waals surface area contributed by atoms with Crippen LogP contribution < -0.4 is 4.74 Å². The summed E-state index contributed by atoms with van der Waals surface area (Å²) in [5, 5.41) is 2.29. The third-order valence-electron chi connectivity index (χ3n) is 2.71. The van der Waals surface area contributed by atoms with Crippen LogP contribution in [0.15, 0.2) is 36.9 Å². The van der Waals surface area contributed by atoms with Crippen LogP contribution >= 0.6 is 11.6 Å². The van der Waals surface area contributed by atoms with Crippen LogP contribution in [0.1, 0.15) is 11.1 Å². The van der Waals surface area contributed by atoms with Gasteiger partial charge in [-0.1, -0.05) is 30.9 Å². The number of benzene rings is 2. The number of hydrogen-bond acceptors (Lipinski definition) is 1. The Morgan fingerprint density at radius 2 is 2.06 bits per heavy atom. The molecule has 0 aliphatic carbocycles. The van der Waals surface area contributed by atoms with Crippen LogP contribution in [0.4, 0.5) is 0 Å². The van der Waals surface area contributed by atoms with Crippen molar-refractivity contribution in [3.05, 3.63) is 48.0 Å². The number of alkyl halides is 1. The molecule has 0 amide bonds. The summed E-state index contributed by atoms with van der Waals surface area (Å²) in [7, 11) is 1.67. The molecule has 16 heavy (non-hydrogen) atoms. The van der Waals surface area contributed by atoms with E-state index in [4.69, 9.17) is 16.3 Å². The molecule has 0 heterocycles. The fourth-order valence-corrected chi connectivity index (χ4v) is 2.07. The monoisotopic (exact) mass is 232 g/mol. The van der Waals surface area contributed by atoms with Crippen molar-refractivity contribution in [2.45, 2.75) is 5.88 Å². The first-order valence-electron chi connectivity index (χ1n) is 5.08. The van der Waals surface area contributed by atoms with Gasteiger partial charge in [-0.15, -0.1) is 11.6 Å². The molecule has 0 aliphatic rings. The highest BCUT2D eigenvalue weighted by atomic mass is 35.5. The van der Waals surface area contributed by atoms with E-state index in [1.807, 2.05) is 36.4 Å². The van der Waals surface area contributed by atoms with E-state index in [9.17, 15) is 0 Å². The minimum absolute atomic E-state index is 0.501. The van der Waals surface area contributed by atoms with Gasteiger partial charge in [0, 0.05) is 5.88 Å². The van der Waals surface area contributed by atoms with Gasteiger partial charge in [-0.3, -0.25) is 0 Å². The van der Waals surface area contributed by atoms with Crippen molar-refractivity contribution < 1.29 is 4.74 Å². The van der Waals surface area contributed by atoms with E-state index in [2.05, 4.69) is 6.58 Å². The molecule has 0 unspecified atom stereocenters. The van der Waals surface area contributed by atoms with E-state index in [0.29, 0.717) is 5.88 Å². The first-order chi connectivity index (χ1) is 7.80. The standard InChI is InChI=1S/C14H13ClO/c1-3-10-4-5-11(9-15)14-8-12(16-2)6-7-13(10)14/h3-8H,1,9H2,2H3. The number of rotatable bonds is 3. The Morgan fingerprint density at radius 3 is 2.69 bits per heavy atom. The molecular weight excluding hydrogens is 220 g/mol. The molecule has 0 spiro atoms. The normalized spacial score (nSPS) is 10.4. The number of methoxy groups -OCH3 is 1. The van der Waals surface area contributed by atoms with Gasteiger partial charge in [0.1, 0.15) is 5.75 Å². The summed E-state index contributed by atoms with van der Waals surface area (Å²) in [6.07, 6.45) is 1.85. The summed E-state index contributed by atoms with van der Waals surface area (Å²) in [6, 6.07) is 10.1. The minimum Gasteiger partial charge on any atom is -0.497 e. The van der Waals surface area contributed by atoms with Crippen LogP contribution in [0.3, 0.4) is 0 Å². The van der Waals surface area contributed by atoms with E-state index in [1.165, 1.54) is 0 Å². The van der Waals surface area contributed by atoms with Crippen molar-refractivity contribution in [1.29, 1.82) is 0 Å². The fraction of sp³-hybridized carbons (Fsp3) is 0.143. The van der Waals surface area contributed by atoms with Crippen LogP contribution in [0, 0.1) is 0 Å². The van der Waals surface area contributed by atoms with Crippen LogP contribution in [0.2, 0.25) is 0 Å². The lowest BCUT2D eigenvalue weighted by Crippen LogP contribution is -1.88. The molecular formula is C14H13ClO.